The zero-order valence-corrected chi connectivity index (χ0v) is 55.0. The number of nitrogens with two attached hydrogens (primary N) is 1. The summed E-state index contributed by atoms with van der Waals surface area (Å²) in [7, 11) is 0. The van der Waals surface area contributed by atoms with Gasteiger partial charge in [0.1, 0.15) is 36.1 Å². The molecule has 4 aromatic heterocycles. The molecule has 0 radical (unpaired) electrons. The largest absolute Gasteiger partial charge is 0.454 e. The predicted octanol–water partition coefficient (Wildman–Crippen LogP) is 2.51. The fraction of sp³-hybridized carbons (Fsp3) is 0.393. The van der Waals surface area contributed by atoms with E-state index in [0.29, 0.717) is 23.1 Å². The number of esters is 2. The molecule has 8 heterocycles. The maximum atomic E-state index is 13.0. The first kappa shape index (κ1) is 77.6. The maximum absolute atomic E-state index is 13.0. The number of ether oxygens (including phenoxy) is 6. The highest BCUT2D eigenvalue weighted by molar-refractivity contribution is 6.03. The number of benzene rings is 3. The fourth-order valence-electron chi connectivity index (χ4n) is 11.3. The van der Waals surface area contributed by atoms with Gasteiger partial charge < -0.3 is 70.1 Å². The van der Waals surface area contributed by atoms with Crippen molar-refractivity contribution in [2.24, 2.45) is 32.3 Å². The van der Waals surface area contributed by atoms with Crippen LogP contribution in [-0.4, -0.2) is 159 Å². The molecule has 4 fully saturated rings. The van der Waals surface area contributed by atoms with Gasteiger partial charge in [-0.2, -0.15) is 9.97 Å². The summed E-state index contributed by atoms with van der Waals surface area (Å²) in [4.78, 5) is 131. The lowest BCUT2D eigenvalue weighted by atomic mass is 9.92. The molecule has 16 atom stereocenters. The van der Waals surface area contributed by atoms with E-state index in [1.807, 2.05) is 4.98 Å². The monoisotopic (exact) mass is 1440 g/mol. The Hall–Kier alpha value is -12.2. The lowest BCUT2D eigenvalue weighted by Crippen LogP contribution is -2.44. The first-order valence-corrected chi connectivity index (χ1v) is 31.1. The van der Waals surface area contributed by atoms with Gasteiger partial charge in [0.2, 0.25) is 11.4 Å². The highest BCUT2D eigenvalue weighted by Crippen LogP contribution is 2.48. The zero-order valence-electron chi connectivity index (χ0n) is 55.0. The second kappa shape index (κ2) is 33.5. The van der Waals surface area contributed by atoms with Crippen LogP contribution in [0.1, 0.15) is 96.5 Å². The smallest absolute Gasteiger partial charge is 0.351 e. The summed E-state index contributed by atoms with van der Waals surface area (Å²) in [5, 5.41) is 74.4. The highest BCUT2D eigenvalue weighted by atomic mass is 16.6. The minimum Gasteiger partial charge on any atom is -0.454 e. The Morgan fingerprint density at radius 3 is 1.25 bits per heavy atom. The Morgan fingerprint density at radius 1 is 0.519 bits per heavy atom. The van der Waals surface area contributed by atoms with Crippen molar-refractivity contribution in [2.45, 2.75) is 125 Å². The van der Waals surface area contributed by atoms with Gasteiger partial charge in [0, 0.05) is 74.0 Å². The predicted molar refractivity (Wildman–Crippen MR) is 355 cm³/mol. The van der Waals surface area contributed by atoms with E-state index in [0.717, 1.165) is 36.6 Å². The number of hydrogen-bond acceptors (Lipinski definition) is 28. The van der Waals surface area contributed by atoms with E-state index in [2.05, 4.69) is 60.4 Å². The van der Waals surface area contributed by atoms with Gasteiger partial charge in [0.05, 0.1) is 24.3 Å². The van der Waals surface area contributed by atoms with E-state index in [4.69, 9.17) is 56.3 Å². The average Bonchev–Trinajstić information content (AvgIpc) is 1.64. The Bertz CT molecular complexity index is 4830. The van der Waals surface area contributed by atoms with Crippen molar-refractivity contribution in [3.8, 4) is 0 Å². The van der Waals surface area contributed by atoms with Gasteiger partial charge in [-0.1, -0.05) is 103 Å². The van der Waals surface area contributed by atoms with E-state index < -0.39 is 161 Å². The average molecular weight is 1440 g/mol. The summed E-state index contributed by atoms with van der Waals surface area (Å²) >= 11 is 0. The van der Waals surface area contributed by atoms with Crippen molar-refractivity contribution < 1.29 is 73.4 Å². The molecule has 0 spiro atoms. The molecule has 4 aliphatic heterocycles. The molecule has 4 saturated heterocycles. The molecule has 3 aromatic carbocycles. The molecule has 43 heteroatoms. The molecule has 4 aliphatic rings. The van der Waals surface area contributed by atoms with Gasteiger partial charge in [0.15, 0.2) is 48.6 Å². The number of aliphatic hydroxyl groups is 6. The van der Waals surface area contributed by atoms with E-state index in [1.54, 1.807) is 119 Å². The molecule has 11 rings (SSSR count). The fourth-order valence-corrected chi connectivity index (χ4v) is 11.3. The van der Waals surface area contributed by atoms with Crippen LogP contribution in [0.5, 0.6) is 0 Å². The molecule has 43 nitrogen and oxygen atoms in total. The van der Waals surface area contributed by atoms with E-state index in [-0.39, 0.29) is 18.1 Å². The topological polar surface area (TPSA) is 641 Å². The summed E-state index contributed by atoms with van der Waals surface area (Å²) in [6.07, 6.45) is -8.10. The van der Waals surface area contributed by atoms with Crippen LogP contribution in [-0.2, 0) is 28.4 Å². The van der Waals surface area contributed by atoms with E-state index in [1.165, 1.54) is 30.7 Å². The third kappa shape index (κ3) is 16.4. The third-order valence-corrected chi connectivity index (χ3v) is 17.0. The molecule has 11 N–H and O–H groups in total. The zero-order chi connectivity index (χ0) is 75.8. The van der Waals surface area contributed by atoms with Gasteiger partial charge in [0.25, 0.3) is 17.0 Å². The number of aromatic amines is 2. The van der Waals surface area contributed by atoms with Crippen molar-refractivity contribution in [1.29, 1.82) is 0 Å². The SMILES string of the molecule is CC[C@@]1(N=[N+]=[N-])O[C@@H](n2ccc(=O)[nH]c2=O)[C@@H](OC(=O)c2ccccc2)[C@@H]1C.CC[C@@]1(N=[N+]=[N-])O[C@@H](n2ccc(NC(=O)c3ccccc3)nc2=O)[C@@H](OC(=O)c2ccccc2)[C@@H]1C.[N-]=[N+]=N[C@]1(CO)O[C@@H](n2ccc(=O)[nH]c2=O)[C@H](O)[C@@H]1O.[N-]=[N+]=N[C@]1(CO)O[C@@H](n2ccc(N)nc2=O)[C@@H](O)[C@@H]1O. The molecular formula is C61H66N22O21. The molecule has 104 heavy (non-hydrogen) atoms. The second-order valence-corrected chi connectivity index (χ2v) is 23.0. The van der Waals surface area contributed by atoms with Gasteiger partial charge in [-0.3, -0.25) is 42.6 Å². The Kier molecular flexibility index (Phi) is 25.0. The van der Waals surface area contributed by atoms with Crippen LogP contribution < -0.4 is 44.9 Å². The first-order valence-electron chi connectivity index (χ1n) is 31.1. The Balaban J connectivity index is 0.000000181. The lowest BCUT2D eigenvalue weighted by Gasteiger charge is -2.26. The number of anilines is 2. The number of H-pyrrole nitrogens is 2. The molecule has 0 aliphatic carbocycles. The van der Waals surface area contributed by atoms with Crippen LogP contribution >= 0.6 is 0 Å². The third-order valence-electron chi connectivity index (χ3n) is 17.0. The number of aliphatic hydroxyl groups excluding tert-OH is 6. The van der Waals surface area contributed by atoms with Crippen molar-refractivity contribution in [3.05, 3.63) is 261 Å². The maximum Gasteiger partial charge on any atom is 0.351 e. The number of rotatable bonds is 18. The van der Waals surface area contributed by atoms with Crippen LogP contribution in [0.3, 0.4) is 0 Å². The molecule has 0 bridgehead atoms. The van der Waals surface area contributed by atoms with Gasteiger partial charge in [-0.05, 0) is 83.5 Å². The van der Waals surface area contributed by atoms with Crippen molar-refractivity contribution in [1.82, 2.24) is 38.2 Å². The van der Waals surface area contributed by atoms with Crippen LogP contribution in [0.15, 0.2) is 189 Å². The summed E-state index contributed by atoms with van der Waals surface area (Å²) in [6, 6.07) is 30.2. The molecule has 546 valence electrons. The Morgan fingerprint density at radius 2 is 0.865 bits per heavy atom. The number of nitrogens with zero attached hydrogens (tertiary/aromatic N) is 18. The van der Waals surface area contributed by atoms with E-state index in [9.17, 15) is 73.8 Å². The summed E-state index contributed by atoms with van der Waals surface area (Å²) in [6.45, 7) is 5.21. The number of aromatic nitrogens is 8. The van der Waals surface area contributed by atoms with Crippen molar-refractivity contribution in [3.63, 3.8) is 0 Å². The van der Waals surface area contributed by atoms with Crippen molar-refractivity contribution >= 4 is 29.5 Å². The molecule has 0 saturated carbocycles. The molecule has 1 amide bonds. The number of nitrogen functional groups attached to an aromatic ring is 1. The van der Waals surface area contributed by atoms with Crippen LogP contribution in [0.4, 0.5) is 11.6 Å². The van der Waals surface area contributed by atoms with Gasteiger partial charge in [-0.15, -0.1) is 0 Å². The van der Waals surface area contributed by atoms with Crippen LogP contribution in [0.25, 0.3) is 41.8 Å². The lowest BCUT2D eigenvalue weighted by molar-refractivity contribution is -0.125. The van der Waals surface area contributed by atoms with Gasteiger partial charge in [-0.25, -0.2) is 28.8 Å². The summed E-state index contributed by atoms with van der Waals surface area (Å²) in [5.41, 5.74) is 30.2. The molecule has 7 aromatic rings. The standard InChI is InChI=1S/C25H24N6O5.C18H19N5O5.C9H12N6O5.C9H11N5O6/c1-3-25(29-30-26)16(2)20(35-23(33)18-12-8-5-9-13-18)22(36-25)31-15-14-19(28-24(31)34)27-21(32)17-10-6-4-7-11-17;1-3-18(21-22-19)11(2)14(27-16(25)12-7-5-4-6-8-12)15(28-18)23-10-9-13(24)20-17(23)26;10-4-1-2-15(8(19)12-4)7-5(17)6(18)9(3-16,20-7)13-14-11;10-13-12-9(3-15)6(18)5(17)7(20-9)14-2-1-4(16)11-8(14)19/h4-16,20,22H,3H2,1-2H3,(H,27,28,32,34);4-11,14-15H,3H2,1-2H3,(H,20,24,26);1-2,5-7,16-18H,3H2,(H2,10,12,19);1-2,5-7,15,17-18H,3H2,(H,11,16,19)/t16-,20-,22+,25+;11-,14-,15+,18+;5-,6-,7+,9+;5-,6+,7-,9-/m0001/s1. The summed E-state index contributed by atoms with van der Waals surface area (Å²) in [5.74, 6) is -2.74. The van der Waals surface area contributed by atoms with Crippen LogP contribution in [0.2, 0.25) is 0 Å². The second-order valence-electron chi connectivity index (χ2n) is 23.0. The number of carbonyl (C=O) groups is 3. The van der Waals surface area contributed by atoms with E-state index >= 15 is 0 Å². The Labute approximate surface area is 582 Å². The number of carbonyl (C=O) groups excluding carboxylic acids is 3. The number of nitrogens with one attached hydrogen (secondary N) is 3. The molecular weight excluding hydrogens is 1380 g/mol. The molecule has 0 unspecified atom stereocenters. The quantitative estimate of drug-likeness (QED) is 0.0255. The minimum absolute atomic E-state index is 0.0252. The minimum atomic E-state index is -2.10. The first-order chi connectivity index (χ1) is 49.7. The summed E-state index contributed by atoms with van der Waals surface area (Å²) < 4.78 is 37.8. The van der Waals surface area contributed by atoms with Gasteiger partial charge >= 0.3 is 34.7 Å². The normalized spacial score (nSPS) is 27.7. The number of hydrogen-bond donors (Lipinski definition) is 10. The van der Waals surface area contributed by atoms with Crippen LogP contribution in [0, 0.1) is 11.8 Å². The van der Waals surface area contributed by atoms with Crippen molar-refractivity contribution in [2.75, 3.05) is 24.3 Å². The number of azide groups is 4. The highest BCUT2D eigenvalue weighted by Gasteiger charge is 2.58. The number of amides is 1.